The van der Waals surface area contributed by atoms with Crippen LogP contribution in [0.4, 0.5) is 10.9 Å². The molecule has 1 heterocycles. The van der Waals surface area contributed by atoms with E-state index < -0.39 is 11.4 Å². The van der Waals surface area contributed by atoms with Crippen molar-refractivity contribution in [2.75, 3.05) is 37.4 Å². The number of aromatic nitrogens is 1. The monoisotopic (exact) mass is 316 g/mol. The summed E-state index contributed by atoms with van der Waals surface area (Å²) in [5, 5.41) is 22.1. The Morgan fingerprint density at radius 1 is 1.43 bits per heavy atom. The summed E-state index contributed by atoms with van der Waals surface area (Å²) in [6.07, 6.45) is 1.37. The van der Waals surface area contributed by atoms with Gasteiger partial charge in [-0.25, -0.2) is 4.98 Å². The van der Waals surface area contributed by atoms with Crippen LogP contribution in [0.15, 0.2) is 0 Å². The molecule has 0 aliphatic rings. The first-order chi connectivity index (χ1) is 9.92. The lowest BCUT2D eigenvalue weighted by Crippen LogP contribution is -2.53. The number of nitrogens with zero attached hydrogens (tertiary/aromatic N) is 2. The first-order valence-corrected chi connectivity index (χ1v) is 7.76. The molecule has 8 heteroatoms. The van der Waals surface area contributed by atoms with Crippen LogP contribution in [0.25, 0.3) is 0 Å². The largest absolute Gasteiger partial charge is 0.394 e. The van der Waals surface area contributed by atoms with Crippen LogP contribution >= 0.6 is 11.3 Å². The van der Waals surface area contributed by atoms with Gasteiger partial charge in [0.05, 0.1) is 18.8 Å². The lowest BCUT2D eigenvalue weighted by Gasteiger charge is -2.29. The Labute approximate surface area is 128 Å². The second-order valence-corrected chi connectivity index (χ2v) is 6.01. The first-order valence-electron chi connectivity index (χ1n) is 6.94. The molecule has 0 radical (unpaired) electrons. The van der Waals surface area contributed by atoms with E-state index in [1.807, 2.05) is 11.9 Å². The summed E-state index contributed by atoms with van der Waals surface area (Å²) in [5.74, 6) is -0.262. The zero-order valence-corrected chi connectivity index (χ0v) is 13.5. The fraction of sp³-hybridized carbons (Fsp3) is 0.692. The van der Waals surface area contributed by atoms with E-state index in [2.05, 4.69) is 17.2 Å². The van der Waals surface area contributed by atoms with Crippen LogP contribution < -0.4 is 16.0 Å². The van der Waals surface area contributed by atoms with Crippen molar-refractivity contribution in [3.8, 4) is 0 Å². The third-order valence-electron chi connectivity index (χ3n) is 3.39. The molecule has 0 unspecified atom stereocenters. The number of rotatable bonds is 8. The van der Waals surface area contributed by atoms with Crippen LogP contribution in [0.2, 0.25) is 0 Å². The lowest BCUT2D eigenvalue weighted by atomic mass is 9.98. The van der Waals surface area contributed by atoms with Gasteiger partial charge in [-0.15, -0.1) is 0 Å². The summed E-state index contributed by atoms with van der Waals surface area (Å²) in [6.45, 7) is 3.97. The summed E-state index contributed by atoms with van der Waals surface area (Å²) in [5.41, 5.74) is 4.77. The van der Waals surface area contributed by atoms with Gasteiger partial charge in [0.25, 0.3) is 5.91 Å². The Morgan fingerprint density at radius 3 is 2.52 bits per heavy atom. The van der Waals surface area contributed by atoms with Gasteiger partial charge in [0.15, 0.2) is 5.13 Å². The molecule has 0 saturated heterocycles. The van der Waals surface area contributed by atoms with E-state index in [0.717, 1.165) is 13.0 Å². The summed E-state index contributed by atoms with van der Waals surface area (Å²) >= 11 is 1.20. The minimum atomic E-state index is -1.04. The van der Waals surface area contributed by atoms with Crippen LogP contribution in [-0.2, 0) is 0 Å². The van der Waals surface area contributed by atoms with E-state index in [1.54, 1.807) is 6.92 Å². The van der Waals surface area contributed by atoms with Crippen LogP contribution in [-0.4, -0.2) is 53.4 Å². The van der Waals surface area contributed by atoms with E-state index in [1.165, 1.54) is 11.3 Å². The van der Waals surface area contributed by atoms with Crippen molar-refractivity contribution in [1.29, 1.82) is 0 Å². The Kier molecular flexibility index (Phi) is 6.38. The van der Waals surface area contributed by atoms with E-state index >= 15 is 0 Å². The van der Waals surface area contributed by atoms with Crippen molar-refractivity contribution >= 4 is 28.2 Å². The second-order valence-electron chi connectivity index (χ2n) is 5.04. The van der Waals surface area contributed by atoms with E-state index in [-0.39, 0.29) is 19.0 Å². The number of hydrogen-bond donors (Lipinski definition) is 4. The molecule has 120 valence electrons. The highest BCUT2D eigenvalue weighted by Crippen LogP contribution is 2.28. The molecule has 1 aromatic heterocycles. The maximum absolute atomic E-state index is 12.3. The second kappa shape index (κ2) is 7.58. The Morgan fingerprint density at radius 2 is 2.05 bits per heavy atom. The number of aliphatic hydroxyl groups is 2. The van der Waals surface area contributed by atoms with Crippen molar-refractivity contribution in [3.63, 3.8) is 0 Å². The van der Waals surface area contributed by atoms with Crippen LogP contribution in [0.5, 0.6) is 0 Å². The van der Waals surface area contributed by atoms with Gasteiger partial charge in [-0.3, -0.25) is 4.79 Å². The van der Waals surface area contributed by atoms with Gasteiger partial charge in [0.2, 0.25) is 0 Å². The molecule has 0 saturated carbocycles. The number of aliphatic hydroxyl groups excluding tert-OH is 2. The molecule has 21 heavy (non-hydrogen) atoms. The maximum Gasteiger partial charge on any atom is 0.265 e. The number of thiazole rings is 1. The van der Waals surface area contributed by atoms with Gasteiger partial charge in [-0.1, -0.05) is 25.2 Å². The first kappa shape index (κ1) is 17.7. The highest BCUT2D eigenvalue weighted by Gasteiger charge is 2.30. The Bertz CT molecular complexity index is 466. The van der Waals surface area contributed by atoms with Gasteiger partial charge in [-0.2, -0.15) is 0 Å². The molecular formula is C13H24N4O3S. The fourth-order valence-corrected chi connectivity index (χ4v) is 2.68. The number of hydrogen-bond acceptors (Lipinski definition) is 7. The normalized spacial score (nSPS) is 11.5. The molecule has 1 amide bonds. The number of nitrogens with one attached hydrogen (secondary N) is 1. The smallest absolute Gasteiger partial charge is 0.265 e. The third kappa shape index (κ3) is 4.05. The third-order valence-corrected chi connectivity index (χ3v) is 4.58. The molecule has 1 rings (SSSR count). The highest BCUT2D eigenvalue weighted by atomic mass is 32.1. The average molecular weight is 316 g/mol. The quantitative estimate of drug-likeness (QED) is 0.553. The number of amides is 1. The SMILES string of the molecule is CCCN(C)c1nc(N)c(C(=O)NC(CC)(CO)CO)s1. The van der Waals surface area contributed by atoms with Crippen molar-refractivity contribution in [3.05, 3.63) is 4.88 Å². The topological polar surface area (TPSA) is 112 Å². The number of nitrogen functional groups attached to an aromatic ring is 1. The number of nitrogens with two attached hydrogens (primary N) is 1. The van der Waals surface area contributed by atoms with Gasteiger partial charge >= 0.3 is 0 Å². The summed E-state index contributed by atoms with van der Waals surface area (Å²) < 4.78 is 0. The Balaban J connectivity index is 2.93. The highest BCUT2D eigenvalue weighted by molar-refractivity contribution is 7.18. The van der Waals surface area contributed by atoms with Crippen molar-refractivity contribution in [1.82, 2.24) is 10.3 Å². The van der Waals surface area contributed by atoms with Crippen LogP contribution in [0.3, 0.4) is 0 Å². The van der Waals surface area contributed by atoms with Crippen LogP contribution in [0, 0.1) is 0 Å². The molecule has 0 aliphatic carbocycles. The van der Waals surface area contributed by atoms with Crippen LogP contribution in [0.1, 0.15) is 36.4 Å². The van der Waals surface area contributed by atoms with E-state index in [4.69, 9.17) is 5.73 Å². The predicted octanol–water partition coefficient (Wildman–Crippen LogP) is 0.435. The van der Waals surface area contributed by atoms with E-state index in [0.29, 0.717) is 16.4 Å². The van der Waals surface area contributed by atoms with E-state index in [9.17, 15) is 15.0 Å². The zero-order chi connectivity index (χ0) is 16.0. The zero-order valence-electron chi connectivity index (χ0n) is 12.7. The molecular weight excluding hydrogens is 292 g/mol. The molecule has 7 nitrogen and oxygen atoms in total. The average Bonchev–Trinajstić information content (AvgIpc) is 2.87. The maximum atomic E-state index is 12.3. The van der Waals surface area contributed by atoms with Gasteiger partial charge in [0, 0.05) is 13.6 Å². The molecule has 0 fully saturated rings. The minimum Gasteiger partial charge on any atom is -0.394 e. The molecule has 0 spiro atoms. The fourth-order valence-electron chi connectivity index (χ4n) is 1.82. The standard InChI is InChI=1S/C13H24N4O3S/c1-4-6-17(3)12-15-10(14)9(21-12)11(20)16-13(5-2,7-18)8-19/h18-19H,4-8,14H2,1-3H3,(H,16,20). The van der Waals surface area contributed by atoms with Gasteiger partial charge < -0.3 is 26.2 Å². The number of carbonyl (C=O) groups is 1. The number of carbonyl (C=O) groups excluding carboxylic acids is 1. The number of anilines is 2. The molecule has 0 atom stereocenters. The van der Waals surface area contributed by atoms with Gasteiger partial charge in [-0.05, 0) is 12.8 Å². The molecule has 1 aromatic rings. The summed E-state index contributed by atoms with van der Waals surface area (Å²) in [6, 6.07) is 0. The molecule has 5 N–H and O–H groups in total. The lowest BCUT2D eigenvalue weighted by molar-refractivity contribution is 0.0656. The molecule has 0 bridgehead atoms. The van der Waals surface area contributed by atoms with Crippen molar-refractivity contribution in [2.24, 2.45) is 0 Å². The summed E-state index contributed by atoms with van der Waals surface area (Å²) in [7, 11) is 1.89. The Hall–Kier alpha value is -1.38. The molecule has 0 aromatic carbocycles. The molecule has 0 aliphatic heterocycles. The predicted molar refractivity (Wildman–Crippen MR) is 84.7 cm³/mol. The van der Waals surface area contributed by atoms with Crippen molar-refractivity contribution < 1.29 is 15.0 Å². The van der Waals surface area contributed by atoms with Crippen molar-refractivity contribution in [2.45, 2.75) is 32.2 Å². The summed E-state index contributed by atoms with van der Waals surface area (Å²) in [4.78, 5) is 18.7. The van der Waals surface area contributed by atoms with Gasteiger partial charge in [0.1, 0.15) is 10.7 Å². The minimum absolute atomic E-state index is 0.163.